The highest BCUT2D eigenvalue weighted by molar-refractivity contribution is 5.26. The van der Waals surface area contributed by atoms with Crippen molar-refractivity contribution < 1.29 is 14.2 Å². The van der Waals surface area contributed by atoms with Crippen LogP contribution >= 0.6 is 0 Å². The molecule has 0 radical (unpaired) electrons. The number of hydrogen-bond donors (Lipinski definition) is 0. The fourth-order valence-electron chi connectivity index (χ4n) is 1.57. The second-order valence-corrected chi connectivity index (χ2v) is 3.82. The zero-order valence-electron chi connectivity index (χ0n) is 7.97. The van der Waals surface area contributed by atoms with E-state index in [0.717, 1.165) is 5.56 Å². The van der Waals surface area contributed by atoms with Crippen molar-refractivity contribution in [3.8, 4) is 0 Å². The van der Waals surface area contributed by atoms with Crippen molar-refractivity contribution in [3.63, 3.8) is 0 Å². The molecule has 3 rings (SSSR count). The highest BCUT2D eigenvalue weighted by Gasteiger charge is 2.57. The molecule has 0 N–H and O–H groups in total. The van der Waals surface area contributed by atoms with Crippen LogP contribution in [0.1, 0.15) is 12.5 Å². The van der Waals surface area contributed by atoms with Gasteiger partial charge in [-0.2, -0.15) is 0 Å². The minimum Gasteiger partial charge on any atom is -0.345 e. The SMILES string of the molecule is CC1(c2ccccc2)OC1OC1CO1. The minimum atomic E-state index is -0.271. The molecule has 2 heterocycles. The molecule has 1 aromatic rings. The summed E-state index contributed by atoms with van der Waals surface area (Å²) in [5, 5.41) is 0. The van der Waals surface area contributed by atoms with E-state index in [4.69, 9.17) is 14.2 Å². The predicted octanol–water partition coefficient (Wildman–Crippen LogP) is 1.63. The second kappa shape index (κ2) is 2.79. The van der Waals surface area contributed by atoms with Crippen molar-refractivity contribution in [2.45, 2.75) is 25.1 Å². The molecule has 0 aromatic heterocycles. The maximum absolute atomic E-state index is 5.54. The van der Waals surface area contributed by atoms with Gasteiger partial charge in [-0.3, -0.25) is 0 Å². The normalized spacial score (nSPS) is 39.5. The summed E-state index contributed by atoms with van der Waals surface area (Å²) in [5.74, 6) is 0. The Kier molecular flexibility index (Phi) is 1.68. The molecule has 3 heteroatoms. The lowest BCUT2D eigenvalue weighted by molar-refractivity contribution is -0.0104. The van der Waals surface area contributed by atoms with Gasteiger partial charge in [0.2, 0.25) is 0 Å². The van der Waals surface area contributed by atoms with Crippen LogP contribution < -0.4 is 0 Å². The summed E-state index contributed by atoms with van der Waals surface area (Å²) in [6.07, 6.45) is -0.178. The summed E-state index contributed by atoms with van der Waals surface area (Å²) in [6, 6.07) is 10.1. The van der Waals surface area contributed by atoms with Crippen LogP contribution in [0.4, 0.5) is 0 Å². The van der Waals surface area contributed by atoms with Gasteiger partial charge in [0.1, 0.15) is 12.2 Å². The van der Waals surface area contributed by atoms with E-state index in [1.54, 1.807) is 0 Å². The van der Waals surface area contributed by atoms with Crippen molar-refractivity contribution >= 4 is 0 Å². The fourth-order valence-corrected chi connectivity index (χ4v) is 1.57. The lowest BCUT2D eigenvalue weighted by atomic mass is 10.0. The Bertz CT molecular complexity index is 334. The summed E-state index contributed by atoms with van der Waals surface area (Å²) in [6.45, 7) is 2.74. The van der Waals surface area contributed by atoms with E-state index in [2.05, 4.69) is 12.1 Å². The Balaban J connectivity index is 1.73. The molecule has 74 valence electrons. The van der Waals surface area contributed by atoms with E-state index < -0.39 is 0 Å². The van der Waals surface area contributed by atoms with E-state index >= 15 is 0 Å². The van der Waals surface area contributed by atoms with Gasteiger partial charge in [-0.05, 0) is 12.5 Å². The number of ether oxygens (including phenoxy) is 3. The molecule has 2 aliphatic rings. The lowest BCUT2D eigenvalue weighted by Crippen LogP contribution is -2.11. The molecule has 0 amide bonds. The van der Waals surface area contributed by atoms with Crippen LogP contribution in [0.15, 0.2) is 30.3 Å². The van der Waals surface area contributed by atoms with E-state index in [0.29, 0.717) is 6.61 Å². The third kappa shape index (κ3) is 1.34. The first kappa shape index (κ1) is 8.41. The topological polar surface area (TPSA) is 34.3 Å². The third-order valence-electron chi connectivity index (χ3n) is 2.67. The third-order valence-corrected chi connectivity index (χ3v) is 2.67. The van der Waals surface area contributed by atoms with Gasteiger partial charge in [-0.25, -0.2) is 0 Å². The number of rotatable bonds is 3. The standard InChI is InChI=1S/C11H12O3/c1-11(8-5-3-2-4-6-8)10(14-11)13-9-7-12-9/h2-6,9-10H,7H2,1H3. The first-order chi connectivity index (χ1) is 6.79. The molecule has 3 atom stereocenters. The molecule has 3 unspecified atom stereocenters. The van der Waals surface area contributed by atoms with Crippen molar-refractivity contribution in [1.82, 2.24) is 0 Å². The maximum Gasteiger partial charge on any atom is 0.195 e. The van der Waals surface area contributed by atoms with Crippen molar-refractivity contribution in [2.75, 3.05) is 6.61 Å². The number of benzene rings is 1. The first-order valence-corrected chi connectivity index (χ1v) is 4.79. The molecule has 2 aliphatic heterocycles. The maximum atomic E-state index is 5.54. The highest BCUT2D eigenvalue weighted by atomic mass is 16.9. The monoisotopic (exact) mass is 192 g/mol. The Morgan fingerprint density at radius 3 is 2.71 bits per heavy atom. The predicted molar refractivity (Wildman–Crippen MR) is 49.5 cm³/mol. The van der Waals surface area contributed by atoms with Crippen LogP contribution in [0.2, 0.25) is 0 Å². The zero-order chi connectivity index (χ0) is 9.60. The number of epoxide rings is 2. The largest absolute Gasteiger partial charge is 0.345 e. The smallest absolute Gasteiger partial charge is 0.195 e. The van der Waals surface area contributed by atoms with Crippen molar-refractivity contribution in [3.05, 3.63) is 35.9 Å². The summed E-state index contributed by atoms with van der Waals surface area (Å²) in [7, 11) is 0. The minimum absolute atomic E-state index is 0.0365. The van der Waals surface area contributed by atoms with Gasteiger partial charge in [-0.1, -0.05) is 30.3 Å². The molecule has 14 heavy (non-hydrogen) atoms. The molecule has 2 saturated heterocycles. The van der Waals surface area contributed by atoms with Gasteiger partial charge < -0.3 is 14.2 Å². The van der Waals surface area contributed by atoms with Gasteiger partial charge in [0, 0.05) is 0 Å². The van der Waals surface area contributed by atoms with Crippen LogP contribution in [0, 0.1) is 0 Å². The zero-order valence-corrected chi connectivity index (χ0v) is 7.97. The van der Waals surface area contributed by atoms with Crippen LogP contribution in [0.3, 0.4) is 0 Å². The van der Waals surface area contributed by atoms with Crippen LogP contribution in [-0.2, 0) is 19.8 Å². The van der Waals surface area contributed by atoms with E-state index in [-0.39, 0.29) is 18.2 Å². The van der Waals surface area contributed by atoms with Crippen LogP contribution in [0.25, 0.3) is 0 Å². The van der Waals surface area contributed by atoms with Gasteiger partial charge >= 0.3 is 0 Å². The molecule has 0 spiro atoms. The summed E-state index contributed by atoms with van der Waals surface area (Å²) < 4.78 is 16.0. The van der Waals surface area contributed by atoms with Crippen LogP contribution in [0.5, 0.6) is 0 Å². The Morgan fingerprint density at radius 1 is 1.36 bits per heavy atom. The van der Waals surface area contributed by atoms with Gasteiger partial charge in [-0.15, -0.1) is 0 Å². The molecule has 0 aliphatic carbocycles. The molecule has 0 saturated carbocycles. The Morgan fingerprint density at radius 2 is 2.07 bits per heavy atom. The molecular formula is C11H12O3. The second-order valence-electron chi connectivity index (χ2n) is 3.82. The summed E-state index contributed by atoms with van der Waals surface area (Å²) in [5.41, 5.74) is 0.887. The first-order valence-electron chi connectivity index (χ1n) is 4.79. The number of hydrogen-bond acceptors (Lipinski definition) is 3. The molecule has 2 fully saturated rings. The molecule has 3 nitrogen and oxygen atoms in total. The lowest BCUT2D eigenvalue weighted by Gasteiger charge is -2.05. The average molecular weight is 192 g/mol. The quantitative estimate of drug-likeness (QED) is 0.682. The fraction of sp³-hybridized carbons (Fsp3) is 0.455. The van der Waals surface area contributed by atoms with Crippen molar-refractivity contribution in [1.29, 1.82) is 0 Å². The van der Waals surface area contributed by atoms with Crippen molar-refractivity contribution in [2.24, 2.45) is 0 Å². The molecule has 1 aromatic carbocycles. The van der Waals surface area contributed by atoms with E-state index in [1.165, 1.54) is 0 Å². The van der Waals surface area contributed by atoms with Gasteiger partial charge in [0.05, 0.1) is 0 Å². The Labute approximate surface area is 82.6 Å². The van der Waals surface area contributed by atoms with Crippen LogP contribution in [-0.4, -0.2) is 19.2 Å². The summed E-state index contributed by atoms with van der Waals surface area (Å²) in [4.78, 5) is 0. The molecule has 0 bridgehead atoms. The van der Waals surface area contributed by atoms with E-state index in [9.17, 15) is 0 Å². The van der Waals surface area contributed by atoms with E-state index in [1.807, 2.05) is 25.1 Å². The summed E-state index contributed by atoms with van der Waals surface area (Å²) >= 11 is 0. The Hall–Kier alpha value is -0.900. The molecular weight excluding hydrogens is 180 g/mol. The highest BCUT2D eigenvalue weighted by Crippen LogP contribution is 2.47. The van der Waals surface area contributed by atoms with Gasteiger partial charge in [0.15, 0.2) is 12.6 Å². The van der Waals surface area contributed by atoms with Gasteiger partial charge in [0.25, 0.3) is 0 Å². The average Bonchev–Trinajstić information content (AvgIpc) is 3.10.